The molecule has 0 fully saturated rings. The first-order valence-electron chi connectivity index (χ1n) is 2.02. The number of hydrogen-bond acceptors (Lipinski definition) is 0. The summed E-state index contributed by atoms with van der Waals surface area (Å²) in [5, 5.41) is 0.371. The van der Waals surface area contributed by atoms with Crippen LogP contribution in [0.1, 0.15) is 6.92 Å². The second kappa shape index (κ2) is 4.25. The summed E-state index contributed by atoms with van der Waals surface area (Å²) in [5.41, 5.74) is 0. The van der Waals surface area contributed by atoms with Gasteiger partial charge >= 0.3 is 0 Å². The molecule has 0 bridgehead atoms. The molecule has 0 radical (unpaired) electrons. The first-order valence-corrected chi connectivity index (χ1v) is 3.15. The van der Waals surface area contributed by atoms with Gasteiger partial charge in [0.2, 0.25) is 0 Å². The zero-order valence-electron chi connectivity index (χ0n) is 4.29. The molecule has 0 aliphatic carbocycles. The van der Waals surface area contributed by atoms with Crippen LogP contribution in [0.15, 0.2) is 21.7 Å². The van der Waals surface area contributed by atoms with Gasteiger partial charge in [0.1, 0.15) is 4.49 Å². The maximum absolute atomic E-state index is 5.44. The third kappa shape index (κ3) is 3.36. The summed E-state index contributed by atoms with van der Waals surface area (Å²) in [6.45, 7) is 1.83. The van der Waals surface area contributed by atoms with Crippen molar-refractivity contribution in [1.82, 2.24) is 0 Å². The zero-order valence-corrected chi connectivity index (χ0v) is 6.56. The molecule has 0 aliphatic rings. The van der Waals surface area contributed by atoms with Crippen LogP contribution in [0.4, 0.5) is 0 Å². The highest BCUT2D eigenvalue weighted by atomic mass is 35.5. The molecule has 0 saturated heterocycles. The van der Waals surface area contributed by atoms with E-state index < -0.39 is 0 Å². The van der Waals surface area contributed by atoms with Crippen molar-refractivity contribution in [3.63, 3.8) is 0 Å². The van der Waals surface area contributed by atoms with E-state index >= 15 is 0 Å². The molecule has 0 unspecified atom stereocenters. The maximum atomic E-state index is 5.44. The lowest BCUT2D eigenvalue weighted by Gasteiger charge is -1.83. The molecule has 0 aromatic heterocycles. The van der Waals surface area contributed by atoms with Gasteiger partial charge in [-0.05, 0) is 13.0 Å². The van der Waals surface area contributed by atoms with Crippen LogP contribution in [0.2, 0.25) is 0 Å². The summed E-state index contributed by atoms with van der Waals surface area (Å²) in [4.78, 5) is 0. The van der Waals surface area contributed by atoms with Crippen molar-refractivity contribution < 1.29 is 0 Å². The molecule has 46 valence electrons. The minimum Gasteiger partial charge on any atom is -0.0861 e. The van der Waals surface area contributed by atoms with Gasteiger partial charge in [0.15, 0.2) is 0 Å². The van der Waals surface area contributed by atoms with Crippen LogP contribution >= 0.6 is 34.8 Å². The first-order chi connectivity index (χ1) is 3.68. The zero-order chi connectivity index (χ0) is 6.57. The fraction of sp³-hybridized carbons (Fsp3) is 0.200. The number of halogens is 3. The molecular weight excluding hydrogens is 166 g/mol. The van der Waals surface area contributed by atoms with Crippen LogP contribution in [0.3, 0.4) is 0 Å². The molecule has 0 rings (SSSR count). The molecule has 8 heavy (non-hydrogen) atoms. The van der Waals surface area contributed by atoms with Gasteiger partial charge in [-0.2, -0.15) is 0 Å². The smallest absolute Gasteiger partial charge is 0.0861 e. The highest BCUT2D eigenvalue weighted by molar-refractivity contribution is 6.59. The third-order valence-corrected chi connectivity index (χ3v) is 1.41. The molecule has 0 N–H and O–H groups in total. The summed E-state index contributed by atoms with van der Waals surface area (Å²) < 4.78 is 0.102. The van der Waals surface area contributed by atoms with Gasteiger partial charge in [0.05, 0.1) is 5.03 Å². The second-order valence-electron chi connectivity index (χ2n) is 1.11. The lowest BCUT2D eigenvalue weighted by Crippen LogP contribution is -1.60. The fourth-order valence-electron chi connectivity index (χ4n) is 0.209. The summed E-state index contributed by atoms with van der Waals surface area (Å²) in [7, 11) is 0. The summed E-state index contributed by atoms with van der Waals surface area (Å²) in [5.74, 6) is 0. The monoisotopic (exact) mass is 170 g/mol. The predicted molar refractivity (Wildman–Crippen MR) is 39.4 cm³/mol. The van der Waals surface area contributed by atoms with E-state index in [1.807, 2.05) is 6.92 Å². The third-order valence-electron chi connectivity index (χ3n) is 0.494. The van der Waals surface area contributed by atoms with E-state index in [2.05, 4.69) is 0 Å². The van der Waals surface area contributed by atoms with Crippen molar-refractivity contribution in [1.29, 1.82) is 0 Å². The average molecular weight is 171 g/mol. The van der Waals surface area contributed by atoms with Crippen molar-refractivity contribution >= 4 is 34.8 Å². The minimum absolute atomic E-state index is 0.102. The van der Waals surface area contributed by atoms with Gasteiger partial charge < -0.3 is 0 Å². The fourth-order valence-corrected chi connectivity index (χ4v) is 0.461. The molecule has 0 amide bonds. The van der Waals surface area contributed by atoms with Gasteiger partial charge in [-0.15, -0.1) is 0 Å². The Kier molecular flexibility index (Phi) is 4.44. The van der Waals surface area contributed by atoms with Crippen molar-refractivity contribution in [3.8, 4) is 0 Å². The SMILES string of the molecule is CC=CC(Cl)=C(Cl)Cl. The van der Waals surface area contributed by atoms with Crippen molar-refractivity contribution in [2.75, 3.05) is 0 Å². The minimum atomic E-state index is 0.102. The van der Waals surface area contributed by atoms with Gasteiger partial charge in [-0.1, -0.05) is 40.9 Å². The number of rotatable bonds is 1. The van der Waals surface area contributed by atoms with Crippen LogP contribution in [-0.2, 0) is 0 Å². The first kappa shape index (κ1) is 8.35. The van der Waals surface area contributed by atoms with Gasteiger partial charge in [0, 0.05) is 0 Å². The summed E-state index contributed by atoms with van der Waals surface area (Å²) >= 11 is 16.0. The van der Waals surface area contributed by atoms with E-state index in [9.17, 15) is 0 Å². The number of hydrogen-bond donors (Lipinski definition) is 0. The van der Waals surface area contributed by atoms with Gasteiger partial charge in [-0.3, -0.25) is 0 Å². The highest BCUT2D eigenvalue weighted by Gasteiger charge is 1.89. The second-order valence-corrected chi connectivity index (χ2v) is 2.46. The standard InChI is InChI=1S/C5H5Cl3/c1-2-3-4(6)5(7)8/h2-3H,1H3. The lowest BCUT2D eigenvalue weighted by atomic mass is 10.5. The maximum Gasteiger partial charge on any atom is 0.125 e. The molecule has 0 heterocycles. The Bertz CT molecular complexity index is 120. The van der Waals surface area contributed by atoms with E-state index in [1.165, 1.54) is 0 Å². The Balaban J connectivity index is 4.00. The molecule has 0 spiro atoms. The van der Waals surface area contributed by atoms with Crippen LogP contribution in [0.5, 0.6) is 0 Å². The van der Waals surface area contributed by atoms with E-state index in [-0.39, 0.29) is 4.49 Å². The van der Waals surface area contributed by atoms with E-state index in [1.54, 1.807) is 12.2 Å². The quantitative estimate of drug-likeness (QED) is 0.530. The summed E-state index contributed by atoms with van der Waals surface area (Å²) in [6.07, 6.45) is 3.38. The molecule has 0 atom stereocenters. The molecule has 0 aromatic carbocycles. The van der Waals surface area contributed by atoms with E-state index in [0.29, 0.717) is 5.03 Å². The highest BCUT2D eigenvalue weighted by Crippen LogP contribution is 2.18. The Morgan fingerprint density at radius 1 is 1.25 bits per heavy atom. The Morgan fingerprint density at radius 2 is 1.75 bits per heavy atom. The average Bonchev–Trinajstić information content (AvgIpc) is 1.67. The van der Waals surface area contributed by atoms with Gasteiger partial charge in [-0.25, -0.2) is 0 Å². The Labute approximate surface area is 63.7 Å². The largest absolute Gasteiger partial charge is 0.125 e. The molecule has 0 nitrogen and oxygen atoms in total. The van der Waals surface area contributed by atoms with Crippen molar-refractivity contribution in [3.05, 3.63) is 21.7 Å². The summed E-state index contributed by atoms with van der Waals surface area (Å²) in [6, 6.07) is 0. The van der Waals surface area contributed by atoms with Crippen LogP contribution in [0.25, 0.3) is 0 Å². The van der Waals surface area contributed by atoms with Gasteiger partial charge in [0.25, 0.3) is 0 Å². The Hall–Kier alpha value is 0.350. The van der Waals surface area contributed by atoms with Crippen LogP contribution in [-0.4, -0.2) is 0 Å². The lowest BCUT2D eigenvalue weighted by molar-refractivity contribution is 1.72. The molecule has 0 aliphatic heterocycles. The normalized spacial score (nSPS) is 10.0. The molecule has 0 aromatic rings. The van der Waals surface area contributed by atoms with E-state index in [0.717, 1.165) is 0 Å². The Morgan fingerprint density at radius 3 is 1.88 bits per heavy atom. The molecule has 3 heteroatoms. The molecular formula is C5H5Cl3. The van der Waals surface area contributed by atoms with Crippen molar-refractivity contribution in [2.24, 2.45) is 0 Å². The molecule has 0 saturated carbocycles. The van der Waals surface area contributed by atoms with Crippen molar-refractivity contribution in [2.45, 2.75) is 6.92 Å². The van der Waals surface area contributed by atoms with Crippen LogP contribution in [0, 0.1) is 0 Å². The predicted octanol–water partition coefficient (Wildman–Crippen LogP) is 3.45. The van der Waals surface area contributed by atoms with E-state index in [4.69, 9.17) is 34.8 Å². The van der Waals surface area contributed by atoms with Crippen LogP contribution < -0.4 is 0 Å². The number of allylic oxidation sites excluding steroid dienone is 3. The topological polar surface area (TPSA) is 0 Å².